The van der Waals surface area contributed by atoms with E-state index in [2.05, 4.69) is 41.1 Å². The SMILES string of the molecule is CCN(CC)c1ccc(-c2nnc(SCC#N)o2)cc1. The van der Waals surface area contributed by atoms with Gasteiger partial charge in [-0.1, -0.05) is 11.8 Å². The zero-order valence-corrected chi connectivity index (χ0v) is 12.4. The number of benzene rings is 1. The summed E-state index contributed by atoms with van der Waals surface area (Å²) < 4.78 is 5.50. The minimum atomic E-state index is 0.308. The summed E-state index contributed by atoms with van der Waals surface area (Å²) in [5.41, 5.74) is 2.06. The predicted octanol–water partition coefficient (Wildman–Crippen LogP) is 3.20. The van der Waals surface area contributed by atoms with Gasteiger partial charge in [-0.25, -0.2) is 0 Å². The van der Waals surface area contributed by atoms with E-state index in [0.29, 0.717) is 16.9 Å². The summed E-state index contributed by atoms with van der Waals surface area (Å²) in [7, 11) is 0. The van der Waals surface area contributed by atoms with Gasteiger partial charge in [-0.2, -0.15) is 5.26 Å². The third-order valence-corrected chi connectivity index (χ3v) is 3.59. The van der Waals surface area contributed by atoms with E-state index in [1.54, 1.807) is 0 Å². The van der Waals surface area contributed by atoms with Crippen LogP contribution in [0.3, 0.4) is 0 Å². The van der Waals surface area contributed by atoms with Crippen molar-refractivity contribution in [2.45, 2.75) is 19.1 Å². The zero-order chi connectivity index (χ0) is 14.4. The van der Waals surface area contributed by atoms with E-state index in [4.69, 9.17) is 9.68 Å². The van der Waals surface area contributed by atoms with Crippen LogP contribution in [0.4, 0.5) is 5.69 Å². The number of anilines is 1. The smallest absolute Gasteiger partial charge is 0.277 e. The first-order valence-electron chi connectivity index (χ1n) is 6.47. The third kappa shape index (κ3) is 3.31. The summed E-state index contributed by atoms with van der Waals surface area (Å²) in [5.74, 6) is 0.791. The molecule has 0 saturated heterocycles. The van der Waals surface area contributed by atoms with Crippen LogP contribution in [0.15, 0.2) is 33.9 Å². The number of nitriles is 1. The minimum absolute atomic E-state index is 0.308. The number of nitrogens with zero attached hydrogens (tertiary/aromatic N) is 4. The fourth-order valence-electron chi connectivity index (χ4n) is 1.88. The van der Waals surface area contributed by atoms with Crippen molar-refractivity contribution < 1.29 is 4.42 Å². The average Bonchev–Trinajstić information content (AvgIpc) is 2.96. The lowest BCUT2D eigenvalue weighted by atomic mass is 10.2. The molecule has 2 rings (SSSR count). The van der Waals surface area contributed by atoms with Crippen LogP contribution >= 0.6 is 11.8 Å². The van der Waals surface area contributed by atoms with Gasteiger partial charge in [-0.05, 0) is 38.1 Å². The predicted molar refractivity (Wildman–Crippen MR) is 79.6 cm³/mol. The van der Waals surface area contributed by atoms with Gasteiger partial charge in [-0.3, -0.25) is 0 Å². The van der Waals surface area contributed by atoms with Gasteiger partial charge in [0.25, 0.3) is 5.22 Å². The molecular formula is C14H16N4OS. The third-order valence-electron chi connectivity index (χ3n) is 2.91. The molecule has 0 aliphatic rings. The molecule has 0 unspecified atom stereocenters. The second-order valence-electron chi connectivity index (χ2n) is 4.04. The summed E-state index contributed by atoms with van der Waals surface area (Å²) >= 11 is 1.24. The Labute approximate surface area is 122 Å². The highest BCUT2D eigenvalue weighted by Gasteiger charge is 2.09. The number of aromatic nitrogens is 2. The lowest BCUT2D eigenvalue weighted by Crippen LogP contribution is -2.21. The fourth-order valence-corrected chi connectivity index (χ4v) is 2.31. The second kappa shape index (κ2) is 6.96. The Hall–Kier alpha value is -2.00. The molecule has 2 aromatic rings. The van der Waals surface area contributed by atoms with Gasteiger partial charge in [0.2, 0.25) is 5.89 Å². The summed E-state index contributed by atoms with van der Waals surface area (Å²) in [6.45, 7) is 6.22. The first-order chi connectivity index (χ1) is 9.78. The van der Waals surface area contributed by atoms with Crippen LogP contribution in [0.5, 0.6) is 0 Å². The average molecular weight is 288 g/mol. The fraction of sp³-hybridized carbons (Fsp3) is 0.357. The molecule has 1 aromatic heterocycles. The van der Waals surface area contributed by atoms with Gasteiger partial charge in [0.05, 0.1) is 11.8 Å². The molecule has 0 aliphatic heterocycles. The normalized spacial score (nSPS) is 10.2. The van der Waals surface area contributed by atoms with Crippen LogP contribution in [0.2, 0.25) is 0 Å². The highest BCUT2D eigenvalue weighted by atomic mass is 32.2. The van der Waals surface area contributed by atoms with Gasteiger partial charge < -0.3 is 9.32 Å². The molecule has 0 spiro atoms. The second-order valence-corrected chi connectivity index (χ2v) is 4.97. The molecule has 6 heteroatoms. The number of thioether (sulfide) groups is 1. The van der Waals surface area contributed by atoms with Gasteiger partial charge in [0.15, 0.2) is 0 Å². The van der Waals surface area contributed by atoms with E-state index >= 15 is 0 Å². The number of hydrogen-bond donors (Lipinski definition) is 0. The summed E-state index contributed by atoms with van der Waals surface area (Å²) in [5, 5.41) is 16.8. The van der Waals surface area contributed by atoms with Crippen molar-refractivity contribution in [3.8, 4) is 17.5 Å². The van der Waals surface area contributed by atoms with Gasteiger partial charge in [0.1, 0.15) is 0 Å². The van der Waals surface area contributed by atoms with Gasteiger partial charge >= 0.3 is 0 Å². The van der Waals surface area contributed by atoms with Crippen molar-refractivity contribution in [1.82, 2.24) is 10.2 Å². The molecule has 0 aliphatic carbocycles. The van der Waals surface area contributed by atoms with Crippen molar-refractivity contribution in [2.75, 3.05) is 23.7 Å². The van der Waals surface area contributed by atoms with Crippen molar-refractivity contribution >= 4 is 17.4 Å². The van der Waals surface area contributed by atoms with E-state index in [9.17, 15) is 0 Å². The maximum absolute atomic E-state index is 8.52. The lowest BCUT2D eigenvalue weighted by Gasteiger charge is -2.20. The molecule has 104 valence electrons. The molecule has 0 atom stereocenters. The van der Waals surface area contributed by atoms with Crippen LogP contribution < -0.4 is 4.90 Å². The van der Waals surface area contributed by atoms with Crippen molar-refractivity contribution in [2.24, 2.45) is 0 Å². The Morgan fingerprint density at radius 3 is 2.50 bits per heavy atom. The zero-order valence-electron chi connectivity index (χ0n) is 11.5. The van der Waals surface area contributed by atoms with E-state index in [1.807, 2.05) is 18.2 Å². The van der Waals surface area contributed by atoms with Crippen LogP contribution in [-0.2, 0) is 0 Å². The molecule has 0 fully saturated rings. The summed E-state index contributed by atoms with van der Waals surface area (Å²) in [4.78, 5) is 2.27. The van der Waals surface area contributed by atoms with Crippen LogP contribution in [0, 0.1) is 11.3 Å². The van der Waals surface area contributed by atoms with Crippen molar-refractivity contribution in [3.05, 3.63) is 24.3 Å². The first-order valence-corrected chi connectivity index (χ1v) is 7.45. The first kappa shape index (κ1) is 14.4. The molecule has 5 nitrogen and oxygen atoms in total. The lowest BCUT2D eigenvalue weighted by molar-refractivity contribution is 0.466. The number of rotatable bonds is 6. The highest BCUT2D eigenvalue weighted by molar-refractivity contribution is 7.99. The molecule has 0 N–H and O–H groups in total. The van der Waals surface area contributed by atoms with Crippen LogP contribution in [0.25, 0.3) is 11.5 Å². The molecule has 1 aromatic carbocycles. The Morgan fingerprint density at radius 1 is 1.20 bits per heavy atom. The minimum Gasteiger partial charge on any atom is -0.411 e. The van der Waals surface area contributed by atoms with E-state index in [0.717, 1.165) is 18.7 Å². The van der Waals surface area contributed by atoms with Crippen LogP contribution in [0.1, 0.15) is 13.8 Å². The highest BCUT2D eigenvalue weighted by Crippen LogP contribution is 2.25. The standard InChI is InChI=1S/C14H16N4OS/c1-3-18(4-2)12-7-5-11(6-8-12)13-16-17-14(19-13)20-10-9-15/h5-8H,3-4,10H2,1-2H3. The Morgan fingerprint density at radius 2 is 1.90 bits per heavy atom. The van der Waals surface area contributed by atoms with Crippen molar-refractivity contribution in [1.29, 1.82) is 5.26 Å². The summed E-state index contributed by atoms with van der Waals surface area (Å²) in [6.07, 6.45) is 0. The van der Waals surface area contributed by atoms with Crippen molar-refractivity contribution in [3.63, 3.8) is 0 Å². The maximum Gasteiger partial charge on any atom is 0.277 e. The van der Waals surface area contributed by atoms with Gasteiger partial charge in [-0.15, -0.1) is 10.2 Å². The Bertz CT molecular complexity index is 584. The Kier molecular flexibility index (Phi) is 5.02. The van der Waals surface area contributed by atoms with E-state index in [1.165, 1.54) is 17.4 Å². The quantitative estimate of drug-likeness (QED) is 0.760. The topological polar surface area (TPSA) is 66.0 Å². The van der Waals surface area contributed by atoms with Crippen LogP contribution in [-0.4, -0.2) is 29.0 Å². The summed E-state index contributed by atoms with van der Waals surface area (Å²) in [6, 6.07) is 10.1. The molecule has 0 radical (unpaired) electrons. The van der Waals surface area contributed by atoms with E-state index < -0.39 is 0 Å². The van der Waals surface area contributed by atoms with Gasteiger partial charge in [0, 0.05) is 24.3 Å². The molecule has 0 bridgehead atoms. The molecular weight excluding hydrogens is 272 g/mol. The largest absolute Gasteiger partial charge is 0.411 e. The monoisotopic (exact) mass is 288 g/mol. The molecule has 0 saturated carbocycles. The molecule has 20 heavy (non-hydrogen) atoms. The number of hydrogen-bond acceptors (Lipinski definition) is 6. The van der Waals surface area contributed by atoms with E-state index in [-0.39, 0.29) is 0 Å². The Balaban J connectivity index is 2.13. The molecule has 0 amide bonds. The molecule has 1 heterocycles. The maximum atomic E-state index is 8.52.